The smallest absolute Gasteiger partial charge is 0.311 e. The summed E-state index contributed by atoms with van der Waals surface area (Å²) in [5.41, 5.74) is 5.95. The van der Waals surface area contributed by atoms with Gasteiger partial charge < -0.3 is 71.0 Å². The normalized spacial score (nSPS) is 41.0. The molecule has 0 radical (unpaired) electrons. The first-order valence-electron chi connectivity index (χ1n) is 22.0. The van der Waals surface area contributed by atoms with E-state index in [9.17, 15) is 70.2 Å². The first kappa shape index (κ1) is 61.4. The fraction of sp³-hybridized carbons (Fsp3) is 0.617. The summed E-state index contributed by atoms with van der Waals surface area (Å²) in [6.45, 7) is 6.66. The van der Waals surface area contributed by atoms with E-state index in [0.29, 0.717) is 0 Å². The van der Waals surface area contributed by atoms with Crippen molar-refractivity contribution in [3.63, 3.8) is 0 Å². The van der Waals surface area contributed by atoms with Gasteiger partial charge in [0.15, 0.2) is 6.29 Å². The second-order valence-electron chi connectivity index (χ2n) is 16.9. The number of hydrogen-bond donors (Lipinski definition) is 11. The van der Waals surface area contributed by atoms with E-state index in [1.54, 1.807) is 86.8 Å². The number of carbonyl (C=O) groups is 4. The average molecular weight is 1060 g/mol. The summed E-state index contributed by atoms with van der Waals surface area (Å²) in [5.74, 6) is -6.58. The number of esters is 1. The molecule has 1 fully saturated rings. The number of nitrogens with two attached hydrogens (primary N) is 1. The molecule has 0 aromatic carbocycles. The number of carboxylic acids is 1. The van der Waals surface area contributed by atoms with Crippen molar-refractivity contribution < 1.29 is 126 Å². The van der Waals surface area contributed by atoms with E-state index >= 15 is 0 Å². The molecule has 0 aromatic heterocycles. The number of cyclic esters (lactones) is 1. The predicted molar refractivity (Wildman–Crippen MR) is 237 cm³/mol. The van der Waals surface area contributed by atoms with E-state index in [0.717, 1.165) is 0 Å². The molecule has 0 amide bonds. The summed E-state index contributed by atoms with van der Waals surface area (Å²) < 4.78 is 16.9. The molecule has 0 bridgehead atoms. The molecule has 0 saturated carbocycles. The molecule has 17 atom stereocenters. The Kier molecular flexibility index (Phi) is 30.0. The van der Waals surface area contributed by atoms with Crippen LogP contribution in [0.15, 0.2) is 85.1 Å². The topological polar surface area (TPSA) is 324 Å². The van der Waals surface area contributed by atoms with Gasteiger partial charge in [-0.1, -0.05) is 98.9 Å². The first-order chi connectivity index (χ1) is 30.6. The summed E-state index contributed by atoms with van der Waals surface area (Å²) in [6.07, 6.45) is 2.25. The molecule has 0 aromatic rings. The number of ether oxygens (including phenoxy) is 3. The van der Waals surface area contributed by atoms with Gasteiger partial charge >= 0.3 is 11.9 Å². The Labute approximate surface area is 420 Å². The van der Waals surface area contributed by atoms with Crippen LogP contribution < -0.4 is 5.73 Å². The standard InChI is InChI=1S/C47H71NO17.Ce/c1-27-17-15-13-11-9-7-5-6-8-10-12-14-16-18-35(65-47-45(60)42(48)44(59)30(4)64-47)26-39(56)41(46(61)62)38(55)24-34(52)23-37(54)36(53)20-19-31(49)21-32(50)22-33(51)25-40(57)63-29(3)28(2)43(27)58;/h5-18,27-30,32-33,35-39,41-45,47,50-51,53-56,58-60H,19-26,48H2,1-4H3,(H,61,62);/b6-5+,9-7+,10-8+,13-11+,14-12+,17-15+,18-16+;/t27?,28?,29?,30-,32?,33?,35?,36?,37?,38?,39?,41?,42+,43?,44-,45+,47?;/m0./s1. The number of ketones is 2. The zero-order valence-corrected chi connectivity index (χ0v) is 41.1. The molecule has 13 unspecified atom stereocenters. The number of hydrogen-bond acceptors (Lipinski definition) is 17. The quantitative estimate of drug-likeness (QED) is 0.174. The Bertz CT molecular complexity index is 1700. The molecule has 18 nitrogen and oxygen atoms in total. The number of carboxylic acid groups (broad SMARTS) is 1. The number of aliphatic carboxylic acids is 1. The van der Waals surface area contributed by atoms with Crippen LogP contribution in [0.25, 0.3) is 0 Å². The number of carbonyl (C=O) groups excluding carboxylic acids is 3. The molecular weight excluding hydrogens is 991 g/mol. The van der Waals surface area contributed by atoms with Gasteiger partial charge in [0.2, 0.25) is 0 Å². The molecule has 12 N–H and O–H groups in total. The van der Waals surface area contributed by atoms with E-state index in [4.69, 9.17) is 19.9 Å². The average Bonchev–Trinajstić information content (AvgIpc) is 3.22. The van der Waals surface area contributed by atoms with Crippen LogP contribution in [0, 0.1) is 59.5 Å². The van der Waals surface area contributed by atoms with Gasteiger partial charge in [0.25, 0.3) is 0 Å². The van der Waals surface area contributed by atoms with Gasteiger partial charge in [0.1, 0.15) is 29.7 Å². The first-order valence-corrected chi connectivity index (χ1v) is 22.0. The SMILES string of the molecule is CC1/C=C/C=C/C=C/C=C/C=C/C=C/C=C/C(OC2O[C@@H](C)[C@H](O)[C@@H](N)[C@H]2O)CC(O)C(C(=O)O)C(O)CC(=O)CC(O)C(O)CCC(=O)CC(O)CC(O)CC(=O)OC(C)C(C)C1O.[Ce]. The fourth-order valence-electron chi connectivity index (χ4n) is 7.16. The Morgan fingerprint density at radius 2 is 1.12 bits per heavy atom. The number of aliphatic hydroxyl groups is 9. The van der Waals surface area contributed by atoms with Crippen LogP contribution in [0.3, 0.4) is 0 Å². The fourth-order valence-corrected chi connectivity index (χ4v) is 7.16. The summed E-state index contributed by atoms with van der Waals surface area (Å²) in [5, 5.41) is 106. The van der Waals surface area contributed by atoms with Crippen LogP contribution in [0.2, 0.25) is 0 Å². The van der Waals surface area contributed by atoms with Crippen molar-refractivity contribution in [3.05, 3.63) is 85.1 Å². The van der Waals surface area contributed by atoms with E-state index < -0.39 is 153 Å². The van der Waals surface area contributed by atoms with Crippen LogP contribution in [-0.2, 0) is 33.4 Å². The van der Waals surface area contributed by atoms with Crippen LogP contribution in [0.1, 0.15) is 79.1 Å². The minimum absolute atomic E-state index is 0. The van der Waals surface area contributed by atoms with Gasteiger partial charge in [-0.15, -0.1) is 0 Å². The second kappa shape index (κ2) is 32.2. The summed E-state index contributed by atoms with van der Waals surface area (Å²) in [4.78, 5) is 50.3. The molecule has 19 heteroatoms. The Hall–Kier alpha value is -2.64. The zero-order valence-electron chi connectivity index (χ0n) is 38.0. The van der Waals surface area contributed by atoms with Crippen molar-refractivity contribution >= 4 is 23.5 Å². The minimum atomic E-state index is -1.97. The molecule has 0 spiro atoms. The Morgan fingerprint density at radius 3 is 1.68 bits per heavy atom. The van der Waals surface area contributed by atoms with Gasteiger partial charge in [0, 0.05) is 92.1 Å². The second-order valence-corrected chi connectivity index (χ2v) is 16.9. The molecule has 1 saturated heterocycles. The van der Waals surface area contributed by atoms with Crippen LogP contribution in [0.4, 0.5) is 0 Å². The number of aliphatic hydroxyl groups excluding tert-OH is 9. The van der Waals surface area contributed by atoms with E-state index in [-0.39, 0.29) is 66.9 Å². The summed E-state index contributed by atoms with van der Waals surface area (Å²) in [7, 11) is 0. The third-order valence-corrected chi connectivity index (χ3v) is 11.3. The van der Waals surface area contributed by atoms with Crippen LogP contribution in [-0.4, -0.2) is 160 Å². The minimum Gasteiger partial charge on any atom is -0.481 e. The van der Waals surface area contributed by atoms with Crippen molar-refractivity contribution in [2.24, 2.45) is 23.5 Å². The third-order valence-electron chi connectivity index (χ3n) is 11.3. The number of Topliss-reactive ketones (excluding diaryl/α,β-unsaturated/α-hetero) is 2. The third kappa shape index (κ3) is 22.6. The van der Waals surface area contributed by atoms with Crippen molar-refractivity contribution in [2.75, 3.05) is 0 Å². The summed E-state index contributed by atoms with van der Waals surface area (Å²) in [6, 6.07) is -1.16. The van der Waals surface area contributed by atoms with Crippen molar-refractivity contribution in [3.8, 4) is 0 Å². The van der Waals surface area contributed by atoms with Gasteiger partial charge in [-0.05, 0) is 20.3 Å². The molecule has 0 aliphatic carbocycles. The van der Waals surface area contributed by atoms with Crippen LogP contribution >= 0.6 is 0 Å². The molecular formula is C47H71CeNO17. The number of allylic oxidation sites excluding steroid dienone is 12. The summed E-state index contributed by atoms with van der Waals surface area (Å²) >= 11 is 0. The monoisotopic (exact) mass is 1060 g/mol. The molecule has 2 aliphatic heterocycles. The van der Waals surface area contributed by atoms with Gasteiger partial charge in [-0.2, -0.15) is 0 Å². The molecule has 370 valence electrons. The van der Waals surface area contributed by atoms with Crippen molar-refractivity contribution in [1.82, 2.24) is 0 Å². The van der Waals surface area contributed by atoms with E-state index in [2.05, 4.69) is 0 Å². The zero-order chi connectivity index (χ0) is 48.8. The molecule has 2 rings (SSSR count). The van der Waals surface area contributed by atoms with Gasteiger partial charge in [0.05, 0.1) is 73.5 Å². The van der Waals surface area contributed by atoms with E-state index in [1.807, 2.05) is 6.92 Å². The van der Waals surface area contributed by atoms with Crippen molar-refractivity contribution in [1.29, 1.82) is 0 Å². The molecule has 66 heavy (non-hydrogen) atoms. The van der Waals surface area contributed by atoms with Crippen LogP contribution in [0.5, 0.6) is 0 Å². The van der Waals surface area contributed by atoms with E-state index in [1.165, 1.54) is 19.1 Å². The predicted octanol–water partition coefficient (Wildman–Crippen LogP) is 0.763. The molecule has 2 aliphatic rings. The molecule has 2 heterocycles. The Morgan fingerprint density at radius 1 is 0.606 bits per heavy atom. The largest absolute Gasteiger partial charge is 0.481 e. The maximum absolute atomic E-state index is 12.9. The Balaban J connectivity index is 0.0000218. The van der Waals surface area contributed by atoms with Crippen molar-refractivity contribution in [2.45, 2.75) is 165 Å². The maximum Gasteiger partial charge on any atom is 0.311 e. The number of rotatable bonds is 3. The maximum atomic E-state index is 12.9. The van der Waals surface area contributed by atoms with Gasteiger partial charge in [-0.3, -0.25) is 19.2 Å². The van der Waals surface area contributed by atoms with Gasteiger partial charge in [-0.25, -0.2) is 0 Å².